The van der Waals surface area contributed by atoms with Gasteiger partial charge in [-0.25, -0.2) is 9.97 Å². The number of rotatable bonds is 3. The molecule has 1 fully saturated rings. The van der Waals surface area contributed by atoms with E-state index in [-0.39, 0.29) is 11.7 Å². The fourth-order valence-electron chi connectivity index (χ4n) is 3.66. The maximum absolute atomic E-state index is 12.5. The summed E-state index contributed by atoms with van der Waals surface area (Å²) in [4.78, 5) is 23.9. The third-order valence-corrected chi connectivity index (χ3v) is 5.06. The molecule has 128 valence electrons. The van der Waals surface area contributed by atoms with Crippen LogP contribution in [0.1, 0.15) is 47.3 Å². The summed E-state index contributed by atoms with van der Waals surface area (Å²) in [6.45, 7) is 2.04. The molecule has 0 N–H and O–H groups in total. The van der Waals surface area contributed by atoms with Gasteiger partial charge in [-0.1, -0.05) is 42.5 Å². The van der Waals surface area contributed by atoms with Gasteiger partial charge in [-0.15, -0.1) is 0 Å². The average Bonchev–Trinajstić information content (AvgIpc) is 2.67. The number of aromatic nitrogens is 2. The molecular weight excluding hydrogens is 310 g/mol. The standard InChI is InChI=1S/C21H23N3O/c25-20-14-17(10-9-16-7-3-1-4-8-16)13-19-18(20)15-22-21(23-19)24-11-5-2-6-12-24/h1,3-4,7-10,15,17H,2,5-6,11-14H2. The van der Waals surface area contributed by atoms with Gasteiger partial charge in [-0.2, -0.15) is 0 Å². The topological polar surface area (TPSA) is 46.1 Å². The first-order valence-electron chi connectivity index (χ1n) is 9.17. The number of carbonyl (C=O) groups is 1. The van der Waals surface area contributed by atoms with E-state index in [9.17, 15) is 4.79 Å². The van der Waals surface area contributed by atoms with Crippen LogP contribution in [0.5, 0.6) is 0 Å². The number of piperidine rings is 1. The molecule has 1 aliphatic heterocycles. The second kappa shape index (κ2) is 7.18. The average molecular weight is 333 g/mol. The summed E-state index contributed by atoms with van der Waals surface area (Å²) < 4.78 is 0. The summed E-state index contributed by atoms with van der Waals surface area (Å²) in [5.41, 5.74) is 2.79. The van der Waals surface area contributed by atoms with E-state index in [4.69, 9.17) is 4.98 Å². The van der Waals surface area contributed by atoms with E-state index in [1.54, 1.807) is 6.20 Å². The molecule has 1 aromatic carbocycles. The number of benzene rings is 1. The van der Waals surface area contributed by atoms with Gasteiger partial charge >= 0.3 is 0 Å². The number of hydrogen-bond acceptors (Lipinski definition) is 4. The Bertz CT molecular complexity index is 779. The zero-order valence-corrected chi connectivity index (χ0v) is 14.4. The van der Waals surface area contributed by atoms with E-state index < -0.39 is 0 Å². The number of fused-ring (bicyclic) bond motifs is 1. The highest BCUT2D eigenvalue weighted by Gasteiger charge is 2.26. The summed E-state index contributed by atoms with van der Waals surface area (Å²) in [6, 6.07) is 10.2. The maximum atomic E-state index is 12.5. The van der Waals surface area contributed by atoms with E-state index in [0.29, 0.717) is 12.0 Å². The molecule has 1 saturated heterocycles. The van der Waals surface area contributed by atoms with Crippen molar-refractivity contribution in [3.05, 3.63) is 59.4 Å². The van der Waals surface area contributed by atoms with Crippen LogP contribution in [-0.4, -0.2) is 28.8 Å². The summed E-state index contributed by atoms with van der Waals surface area (Å²) in [5.74, 6) is 1.16. The number of ketones is 1. The van der Waals surface area contributed by atoms with Gasteiger partial charge in [0.2, 0.25) is 5.95 Å². The lowest BCUT2D eigenvalue weighted by atomic mass is 9.86. The predicted octanol–water partition coefficient (Wildman–Crippen LogP) is 3.93. The molecule has 2 aromatic rings. The first kappa shape index (κ1) is 16.0. The molecule has 0 bridgehead atoms. The van der Waals surface area contributed by atoms with Gasteiger partial charge in [0.05, 0.1) is 11.3 Å². The molecule has 2 heterocycles. The summed E-state index contributed by atoms with van der Waals surface area (Å²) in [7, 11) is 0. The highest BCUT2D eigenvalue weighted by atomic mass is 16.1. The number of nitrogens with zero attached hydrogens (tertiary/aromatic N) is 3. The van der Waals surface area contributed by atoms with Crippen LogP contribution in [0.2, 0.25) is 0 Å². The highest BCUT2D eigenvalue weighted by molar-refractivity contribution is 5.98. The van der Waals surface area contributed by atoms with Crippen molar-refractivity contribution in [3.63, 3.8) is 0 Å². The minimum atomic E-state index is 0.161. The lowest BCUT2D eigenvalue weighted by Gasteiger charge is -2.28. The van der Waals surface area contributed by atoms with Crippen molar-refractivity contribution in [2.24, 2.45) is 5.92 Å². The zero-order chi connectivity index (χ0) is 17.1. The first-order chi connectivity index (χ1) is 12.3. The third-order valence-electron chi connectivity index (χ3n) is 5.06. The van der Waals surface area contributed by atoms with Gasteiger partial charge < -0.3 is 4.90 Å². The van der Waals surface area contributed by atoms with Crippen LogP contribution in [0.3, 0.4) is 0 Å². The molecule has 1 aromatic heterocycles. The number of Topliss-reactive ketones (excluding diaryl/α,β-unsaturated/α-hetero) is 1. The van der Waals surface area contributed by atoms with E-state index in [2.05, 4.69) is 34.2 Å². The van der Waals surface area contributed by atoms with Gasteiger partial charge in [0.15, 0.2) is 5.78 Å². The molecule has 4 rings (SSSR count). The normalized spacial score (nSPS) is 20.7. The minimum absolute atomic E-state index is 0.161. The van der Waals surface area contributed by atoms with E-state index >= 15 is 0 Å². The third kappa shape index (κ3) is 3.63. The fraction of sp³-hybridized carbons (Fsp3) is 0.381. The van der Waals surface area contributed by atoms with Crippen LogP contribution in [-0.2, 0) is 6.42 Å². The van der Waals surface area contributed by atoms with Crippen LogP contribution in [0.4, 0.5) is 5.95 Å². The lowest BCUT2D eigenvalue weighted by Crippen LogP contribution is -2.32. The largest absolute Gasteiger partial charge is 0.341 e. The number of allylic oxidation sites excluding steroid dienone is 1. The quantitative estimate of drug-likeness (QED) is 0.854. The number of hydrogen-bond donors (Lipinski definition) is 0. The van der Waals surface area contributed by atoms with Gasteiger partial charge in [-0.05, 0) is 37.2 Å². The molecule has 4 nitrogen and oxygen atoms in total. The molecule has 0 saturated carbocycles. The van der Waals surface area contributed by atoms with E-state index in [1.165, 1.54) is 19.3 Å². The number of carbonyl (C=O) groups excluding carboxylic acids is 1. The molecular formula is C21H23N3O. The molecule has 1 atom stereocenters. The Kier molecular flexibility index (Phi) is 4.59. The second-order valence-electron chi connectivity index (χ2n) is 6.94. The van der Waals surface area contributed by atoms with E-state index in [0.717, 1.165) is 36.7 Å². The van der Waals surface area contributed by atoms with Crippen LogP contribution >= 0.6 is 0 Å². The molecule has 2 aliphatic rings. The molecule has 4 heteroatoms. The summed E-state index contributed by atoms with van der Waals surface area (Å²) >= 11 is 0. The van der Waals surface area contributed by atoms with Crippen molar-refractivity contribution in [1.82, 2.24) is 9.97 Å². The van der Waals surface area contributed by atoms with Crippen molar-refractivity contribution >= 4 is 17.8 Å². The molecule has 25 heavy (non-hydrogen) atoms. The van der Waals surface area contributed by atoms with Crippen LogP contribution in [0.25, 0.3) is 6.08 Å². The Balaban J connectivity index is 1.54. The molecule has 0 amide bonds. The van der Waals surface area contributed by atoms with Crippen LogP contribution < -0.4 is 4.90 Å². The molecule has 0 spiro atoms. The van der Waals surface area contributed by atoms with Crippen molar-refractivity contribution < 1.29 is 4.79 Å². The molecule has 0 radical (unpaired) electrons. The lowest BCUT2D eigenvalue weighted by molar-refractivity contribution is 0.0957. The predicted molar refractivity (Wildman–Crippen MR) is 99.7 cm³/mol. The monoisotopic (exact) mass is 333 g/mol. The van der Waals surface area contributed by atoms with Crippen molar-refractivity contribution in [2.75, 3.05) is 18.0 Å². The highest BCUT2D eigenvalue weighted by Crippen LogP contribution is 2.27. The van der Waals surface area contributed by atoms with Gasteiger partial charge in [0, 0.05) is 25.7 Å². The Hall–Kier alpha value is -2.49. The number of anilines is 1. The molecule has 1 unspecified atom stereocenters. The van der Waals surface area contributed by atoms with E-state index in [1.807, 2.05) is 18.2 Å². The van der Waals surface area contributed by atoms with Crippen LogP contribution in [0, 0.1) is 5.92 Å². The zero-order valence-electron chi connectivity index (χ0n) is 14.4. The van der Waals surface area contributed by atoms with Crippen molar-refractivity contribution in [3.8, 4) is 0 Å². The van der Waals surface area contributed by atoms with Crippen molar-refractivity contribution in [1.29, 1.82) is 0 Å². The smallest absolute Gasteiger partial charge is 0.225 e. The summed E-state index contributed by atoms with van der Waals surface area (Å²) in [6.07, 6.45) is 11.0. The van der Waals surface area contributed by atoms with Gasteiger partial charge in [0.1, 0.15) is 0 Å². The van der Waals surface area contributed by atoms with Crippen LogP contribution in [0.15, 0.2) is 42.6 Å². The first-order valence-corrected chi connectivity index (χ1v) is 9.17. The van der Waals surface area contributed by atoms with Gasteiger partial charge in [-0.3, -0.25) is 4.79 Å². The second-order valence-corrected chi connectivity index (χ2v) is 6.94. The molecule has 1 aliphatic carbocycles. The van der Waals surface area contributed by atoms with Crippen molar-refractivity contribution in [2.45, 2.75) is 32.1 Å². The Morgan fingerprint density at radius 1 is 1.04 bits per heavy atom. The fourth-order valence-corrected chi connectivity index (χ4v) is 3.66. The Morgan fingerprint density at radius 3 is 2.64 bits per heavy atom. The minimum Gasteiger partial charge on any atom is -0.341 e. The summed E-state index contributed by atoms with van der Waals surface area (Å²) in [5, 5.41) is 0. The Morgan fingerprint density at radius 2 is 1.84 bits per heavy atom. The Labute approximate surface area is 148 Å². The SMILES string of the molecule is O=C1CC(C=Cc2ccccc2)Cc2nc(N3CCCCC3)ncc21. The maximum Gasteiger partial charge on any atom is 0.225 e. The van der Waals surface area contributed by atoms with Gasteiger partial charge in [0.25, 0.3) is 0 Å².